The van der Waals surface area contributed by atoms with Gasteiger partial charge in [-0.25, -0.2) is 4.98 Å². The molecule has 0 spiro atoms. The molecule has 0 radical (unpaired) electrons. The topological polar surface area (TPSA) is 64.4 Å². The summed E-state index contributed by atoms with van der Waals surface area (Å²) < 4.78 is 7.32. The second-order valence-electron chi connectivity index (χ2n) is 8.09. The third kappa shape index (κ3) is 3.62. The highest BCUT2D eigenvalue weighted by Gasteiger charge is 2.36. The Kier molecular flexibility index (Phi) is 5.70. The number of imidazole rings is 1. The lowest BCUT2D eigenvalue weighted by Crippen LogP contribution is -2.34. The third-order valence-electron chi connectivity index (χ3n) is 6.20. The number of hydrogen-bond donors (Lipinski definition) is 0. The van der Waals surface area contributed by atoms with Crippen LogP contribution in [0.25, 0.3) is 11.0 Å². The van der Waals surface area contributed by atoms with Gasteiger partial charge in [-0.15, -0.1) is 0 Å². The molecule has 164 valence electrons. The van der Waals surface area contributed by atoms with Gasteiger partial charge in [0.1, 0.15) is 12.4 Å². The number of benzene rings is 2. The highest BCUT2D eigenvalue weighted by atomic mass is 16.5. The van der Waals surface area contributed by atoms with Gasteiger partial charge in [0.05, 0.1) is 24.5 Å². The molecule has 0 N–H and O–H groups in total. The van der Waals surface area contributed by atoms with E-state index in [1.54, 1.807) is 27.3 Å². The van der Waals surface area contributed by atoms with E-state index in [9.17, 15) is 9.59 Å². The van der Waals surface area contributed by atoms with Crippen molar-refractivity contribution in [3.8, 4) is 5.75 Å². The van der Waals surface area contributed by atoms with E-state index in [1.165, 1.54) is 0 Å². The maximum Gasteiger partial charge on any atom is 0.158 e. The fourth-order valence-corrected chi connectivity index (χ4v) is 4.64. The van der Waals surface area contributed by atoms with Crippen LogP contribution in [0.5, 0.6) is 5.75 Å². The quantitative estimate of drug-likeness (QED) is 0.562. The number of Topliss-reactive ketones (excluding diaryl/α,β-unsaturated/α-hetero) is 2. The van der Waals surface area contributed by atoms with Crippen molar-refractivity contribution in [3.05, 3.63) is 83.0 Å². The van der Waals surface area contributed by atoms with Gasteiger partial charge < -0.3 is 14.2 Å². The molecule has 0 amide bonds. The summed E-state index contributed by atoms with van der Waals surface area (Å²) in [5.74, 6) is 0.227. The van der Waals surface area contributed by atoms with E-state index in [1.807, 2.05) is 71.8 Å². The third-order valence-corrected chi connectivity index (χ3v) is 6.20. The summed E-state index contributed by atoms with van der Waals surface area (Å²) in [6.45, 7) is 7.50. The Morgan fingerprint density at radius 1 is 0.938 bits per heavy atom. The van der Waals surface area contributed by atoms with Crippen LogP contribution in [0.1, 0.15) is 39.2 Å². The molecule has 2 aromatic carbocycles. The van der Waals surface area contributed by atoms with Crippen molar-refractivity contribution in [2.24, 2.45) is 0 Å². The van der Waals surface area contributed by atoms with Crippen molar-refractivity contribution in [2.75, 3.05) is 7.11 Å². The Labute approximate surface area is 187 Å². The predicted molar refractivity (Wildman–Crippen MR) is 124 cm³/mol. The minimum absolute atomic E-state index is 0.0462. The first kappa shape index (κ1) is 21.6. The molecule has 0 atom stereocenters. The number of fused-ring (bicyclic) bond motifs is 1. The van der Waals surface area contributed by atoms with Crippen LogP contribution < -0.4 is 4.74 Å². The average molecular weight is 430 g/mol. The van der Waals surface area contributed by atoms with Crippen molar-refractivity contribution in [2.45, 2.75) is 40.3 Å². The van der Waals surface area contributed by atoms with Crippen molar-refractivity contribution in [1.29, 1.82) is 0 Å². The second kappa shape index (κ2) is 8.46. The Hall–Kier alpha value is -3.67. The van der Waals surface area contributed by atoms with Gasteiger partial charge in [0, 0.05) is 28.5 Å². The van der Waals surface area contributed by atoms with Crippen molar-refractivity contribution in [1.82, 2.24) is 14.5 Å². The summed E-state index contributed by atoms with van der Waals surface area (Å²) in [6.07, 6.45) is 1.79. The van der Waals surface area contributed by atoms with Gasteiger partial charge in [-0.2, -0.15) is 0 Å². The first-order valence-electron chi connectivity index (χ1n) is 10.6. The summed E-state index contributed by atoms with van der Waals surface area (Å²) in [6, 6.07) is 15.5. The number of ketones is 2. The fourth-order valence-electron chi connectivity index (χ4n) is 4.64. The summed E-state index contributed by atoms with van der Waals surface area (Å²) in [7, 11) is 1.61. The lowest BCUT2D eigenvalue weighted by Gasteiger charge is -2.38. The zero-order valence-corrected chi connectivity index (χ0v) is 19.0. The first-order chi connectivity index (χ1) is 15.3. The van der Waals surface area contributed by atoms with E-state index < -0.39 is 5.92 Å². The molecule has 0 unspecified atom stereocenters. The van der Waals surface area contributed by atoms with E-state index >= 15 is 0 Å². The van der Waals surface area contributed by atoms with Crippen molar-refractivity contribution >= 4 is 22.6 Å². The van der Waals surface area contributed by atoms with Crippen LogP contribution >= 0.6 is 0 Å². The highest BCUT2D eigenvalue weighted by molar-refractivity contribution is 6.03. The average Bonchev–Trinajstić information content (AvgIpc) is 3.18. The molecule has 0 aliphatic carbocycles. The molecule has 4 rings (SSSR count). The summed E-state index contributed by atoms with van der Waals surface area (Å²) in [4.78, 5) is 32.3. The predicted octanol–water partition coefficient (Wildman–Crippen LogP) is 4.83. The summed E-state index contributed by atoms with van der Waals surface area (Å²) in [5.41, 5.74) is 5.76. The second-order valence-corrected chi connectivity index (χ2v) is 8.09. The molecule has 32 heavy (non-hydrogen) atoms. The Morgan fingerprint density at radius 3 is 2.09 bits per heavy atom. The number of carbonyl (C=O) groups excluding carboxylic acids is 2. The monoisotopic (exact) mass is 429 g/mol. The number of rotatable bonds is 6. The Balaban J connectivity index is 1.86. The largest absolute Gasteiger partial charge is 0.497 e. The van der Waals surface area contributed by atoms with E-state index in [0.29, 0.717) is 17.8 Å². The molecule has 0 saturated heterocycles. The molecular weight excluding hydrogens is 402 g/mol. The van der Waals surface area contributed by atoms with E-state index in [-0.39, 0.29) is 11.6 Å². The minimum Gasteiger partial charge on any atom is -0.497 e. The lowest BCUT2D eigenvalue weighted by atomic mass is 9.77. The molecule has 0 saturated carbocycles. The molecular formula is C26H27N3O3. The number of carbonyl (C=O) groups is 2. The van der Waals surface area contributed by atoms with E-state index in [4.69, 9.17) is 4.74 Å². The van der Waals surface area contributed by atoms with E-state index in [0.717, 1.165) is 33.7 Å². The minimum atomic E-state index is -0.410. The highest BCUT2D eigenvalue weighted by Crippen LogP contribution is 2.43. The van der Waals surface area contributed by atoms with Crippen LogP contribution in [0.15, 0.2) is 77.4 Å². The number of aromatic nitrogens is 2. The number of para-hydroxylation sites is 2. The van der Waals surface area contributed by atoms with E-state index in [2.05, 4.69) is 4.98 Å². The molecule has 6 heteroatoms. The number of nitrogens with zero attached hydrogens (tertiary/aromatic N) is 3. The number of ether oxygens (including phenoxy) is 1. The van der Waals surface area contributed by atoms with Crippen LogP contribution in [0, 0.1) is 0 Å². The van der Waals surface area contributed by atoms with Crippen LogP contribution in [0.3, 0.4) is 0 Å². The van der Waals surface area contributed by atoms with Crippen molar-refractivity contribution in [3.63, 3.8) is 0 Å². The van der Waals surface area contributed by atoms with Gasteiger partial charge in [-0.3, -0.25) is 9.59 Å². The SMILES string of the molecule is COc1ccc(C2C(C(C)=O)=C(C)N(Cn3cnc4ccccc43)C(C)=C2C(C)=O)cc1. The fraction of sp³-hybridized carbons (Fsp3) is 0.269. The smallest absolute Gasteiger partial charge is 0.158 e. The molecule has 1 aromatic heterocycles. The van der Waals surface area contributed by atoms with Crippen LogP contribution in [-0.2, 0) is 16.3 Å². The summed E-state index contributed by atoms with van der Waals surface area (Å²) >= 11 is 0. The van der Waals surface area contributed by atoms with Crippen molar-refractivity contribution < 1.29 is 14.3 Å². The molecule has 6 nitrogen and oxygen atoms in total. The molecule has 1 aliphatic rings. The van der Waals surface area contributed by atoms with Gasteiger partial charge in [-0.05, 0) is 57.5 Å². The van der Waals surface area contributed by atoms with Gasteiger partial charge in [0.25, 0.3) is 0 Å². The molecule has 3 aromatic rings. The zero-order valence-electron chi connectivity index (χ0n) is 19.0. The molecule has 0 fully saturated rings. The zero-order chi connectivity index (χ0) is 23.0. The molecule has 0 bridgehead atoms. The van der Waals surface area contributed by atoms with Crippen LogP contribution in [0.2, 0.25) is 0 Å². The van der Waals surface area contributed by atoms with Crippen LogP contribution in [-0.4, -0.2) is 33.1 Å². The molecule has 1 aliphatic heterocycles. The van der Waals surface area contributed by atoms with Gasteiger partial charge in [-0.1, -0.05) is 24.3 Å². The number of allylic oxidation sites excluding steroid dienone is 4. The Morgan fingerprint density at radius 2 is 1.53 bits per heavy atom. The van der Waals surface area contributed by atoms with Gasteiger partial charge in [0.2, 0.25) is 0 Å². The standard InChI is InChI=1S/C26H27N3O3/c1-16-24(18(3)30)26(20-10-12-21(32-5)13-11-20)25(19(4)31)17(2)29(16)15-28-14-27-22-8-6-7-9-23(22)28/h6-14,26H,15H2,1-5H3. The van der Waals surface area contributed by atoms with Gasteiger partial charge >= 0.3 is 0 Å². The number of hydrogen-bond acceptors (Lipinski definition) is 5. The molecule has 2 heterocycles. The normalized spacial score (nSPS) is 15.0. The first-order valence-corrected chi connectivity index (χ1v) is 10.6. The van der Waals surface area contributed by atoms with Gasteiger partial charge in [0.15, 0.2) is 11.6 Å². The van der Waals surface area contributed by atoms with Crippen LogP contribution in [0.4, 0.5) is 0 Å². The number of methoxy groups -OCH3 is 1. The Bertz CT molecular complexity index is 1230. The maximum atomic E-state index is 12.9. The summed E-state index contributed by atoms with van der Waals surface area (Å²) in [5, 5.41) is 0. The lowest BCUT2D eigenvalue weighted by molar-refractivity contribution is -0.114. The maximum absolute atomic E-state index is 12.9.